The van der Waals surface area contributed by atoms with E-state index in [2.05, 4.69) is 44.4 Å². The van der Waals surface area contributed by atoms with Crippen molar-refractivity contribution in [3.8, 4) is 0 Å². The zero-order valence-electron chi connectivity index (χ0n) is 10.6. The average molecular weight is 338 g/mol. The summed E-state index contributed by atoms with van der Waals surface area (Å²) in [6.07, 6.45) is 2.22. The first-order chi connectivity index (χ1) is 9.15. The number of hydrogen-bond acceptors (Lipinski definition) is 2. The van der Waals surface area contributed by atoms with Gasteiger partial charge in [0.2, 0.25) is 0 Å². The Balaban J connectivity index is 1.89. The zero-order valence-corrected chi connectivity index (χ0v) is 12.9. The van der Waals surface area contributed by atoms with Crippen molar-refractivity contribution in [2.45, 2.75) is 25.8 Å². The third-order valence-corrected chi connectivity index (χ3v) is 4.55. The molecule has 0 amide bonds. The second-order valence-electron chi connectivity index (χ2n) is 4.81. The smallest absolute Gasteiger partial charge is 0.129 e. The standard InChI is InChI=1S/C15H14BrClN2/c1-9-13(7-8-15(17)18-9)19-14-6-5-10-11(14)3-2-4-12(10)16/h2-4,7-8,14,19H,5-6H2,1H3. The Kier molecular flexibility index (Phi) is 3.50. The van der Waals surface area contributed by atoms with Crippen LogP contribution in [0.15, 0.2) is 34.8 Å². The van der Waals surface area contributed by atoms with Gasteiger partial charge in [-0.25, -0.2) is 4.98 Å². The van der Waals surface area contributed by atoms with E-state index < -0.39 is 0 Å². The van der Waals surface area contributed by atoms with Crippen LogP contribution >= 0.6 is 27.5 Å². The summed E-state index contributed by atoms with van der Waals surface area (Å²) in [4.78, 5) is 4.28. The fourth-order valence-corrected chi connectivity index (χ4v) is 3.40. The minimum absolute atomic E-state index is 0.356. The van der Waals surface area contributed by atoms with Gasteiger partial charge in [-0.3, -0.25) is 0 Å². The van der Waals surface area contributed by atoms with Gasteiger partial charge in [0.05, 0.1) is 17.4 Å². The molecule has 0 spiro atoms. The van der Waals surface area contributed by atoms with Crippen molar-refractivity contribution in [3.05, 3.63) is 56.8 Å². The van der Waals surface area contributed by atoms with Gasteiger partial charge in [-0.15, -0.1) is 0 Å². The quantitative estimate of drug-likeness (QED) is 0.788. The van der Waals surface area contributed by atoms with Crippen LogP contribution in [0.4, 0.5) is 5.69 Å². The Morgan fingerprint density at radius 1 is 1.32 bits per heavy atom. The number of fused-ring (bicyclic) bond motifs is 1. The van der Waals surface area contributed by atoms with E-state index in [-0.39, 0.29) is 0 Å². The maximum absolute atomic E-state index is 5.89. The zero-order chi connectivity index (χ0) is 13.4. The monoisotopic (exact) mass is 336 g/mol. The predicted octanol–water partition coefficient (Wildman–Crippen LogP) is 4.91. The van der Waals surface area contributed by atoms with Crippen LogP contribution in [0.3, 0.4) is 0 Å². The Morgan fingerprint density at radius 2 is 2.16 bits per heavy atom. The first kappa shape index (κ1) is 12.9. The molecule has 1 N–H and O–H groups in total. The lowest BCUT2D eigenvalue weighted by Gasteiger charge is -2.17. The summed E-state index contributed by atoms with van der Waals surface area (Å²) >= 11 is 9.52. The number of anilines is 1. The molecular formula is C15H14BrClN2. The maximum atomic E-state index is 5.89. The Labute approximate surface area is 126 Å². The van der Waals surface area contributed by atoms with E-state index in [1.807, 2.05) is 19.1 Å². The van der Waals surface area contributed by atoms with Gasteiger partial charge in [0.25, 0.3) is 0 Å². The van der Waals surface area contributed by atoms with Crippen LogP contribution in [-0.4, -0.2) is 4.98 Å². The van der Waals surface area contributed by atoms with Gasteiger partial charge in [-0.2, -0.15) is 0 Å². The third-order valence-electron chi connectivity index (χ3n) is 3.60. The topological polar surface area (TPSA) is 24.9 Å². The predicted molar refractivity (Wildman–Crippen MR) is 82.8 cm³/mol. The van der Waals surface area contributed by atoms with Crippen molar-refractivity contribution in [2.75, 3.05) is 5.32 Å². The van der Waals surface area contributed by atoms with E-state index in [4.69, 9.17) is 11.6 Å². The van der Waals surface area contributed by atoms with Crippen molar-refractivity contribution in [1.29, 1.82) is 0 Å². The minimum atomic E-state index is 0.356. The minimum Gasteiger partial charge on any atom is -0.377 e. The van der Waals surface area contributed by atoms with Gasteiger partial charge in [0.15, 0.2) is 0 Å². The Hall–Kier alpha value is -1.06. The molecule has 19 heavy (non-hydrogen) atoms. The third kappa shape index (κ3) is 2.49. The molecule has 1 aliphatic rings. The number of halogens is 2. The lowest BCUT2D eigenvalue weighted by Crippen LogP contribution is -2.08. The van der Waals surface area contributed by atoms with Crippen LogP contribution < -0.4 is 5.32 Å². The molecule has 2 aromatic rings. The second-order valence-corrected chi connectivity index (χ2v) is 6.05. The van der Waals surface area contributed by atoms with Gasteiger partial charge >= 0.3 is 0 Å². The van der Waals surface area contributed by atoms with Crippen LogP contribution in [0, 0.1) is 6.92 Å². The lowest BCUT2D eigenvalue weighted by atomic mass is 10.1. The van der Waals surface area contributed by atoms with Crippen LogP contribution in [0.25, 0.3) is 0 Å². The van der Waals surface area contributed by atoms with Crippen molar-refractivity contribution in [1.82, 2.24) is 4.98 Å². The highest BCUT2D eigenvalue weighted by atomic mass is 79.9. The number of nitrogens with zero attached hydrogens (tertiary/aromatic N) is 1. The molecular weight excluding hydrogens is 324 g/mol. The Bertz CT molecular complexity index is 628. The molecule has 0 aliphatic heterocycles. The molecule has 1 aliphatic carbocycles. The molecule has 2 nitrogen and oxygen atoms in total. The van der Waals surface area contributed by atoms with Crippen molar-refractivity contribution in [2.24, 2.45) is 0 Å². The summed E-state index contributed by atoms with van der Waals surface area (Å²) in [7, 11) is 0. The van der Waals surface area contributed by atoms with Crippen LogP contribution in [0.2, 0.25) is 5.15 Å². The first-order valence-electron chi connectivity index (χ1n) is 6.32. The first-order valence-corrected chi connectivity index (χ1v) is 7.49. The van der Waals surface area contributed by atoms with Crippen molar-refractivity contribution >= 4 is 33.2 Å². The normalized spacial score (nSPS) is 17.3. The van der Waals surface area contributed by atoms with E-state index in [1.54, 1.807) is 0 Å². The molecule has 0 radical (unpaired) electrons. The summed E-state index contributed by atoms with van der Waals surface area (Å²) in [5.74, 6) is 0. The number of pyridine rings is 1. The molecule has 1 heterocycles. The average Bonchev–Trinajstić information content (AvgIpc) is 2.78. The number of aryl methyl sites for hydroxylation is 1. The summed E-state index contributed by atoms with van der Waals surface area (Å²) in [6.45, 7) is 1.98. The highest BCUT2D eigenvalue weighted by Gasteiger charge is 2.24. The van der Waals surface area contributed by atoms with Gasteiger partial charge in [-0.1, -0.05) is 39.7 Å². The molecule has 98 valence electrons. The maximum Gasteiger partial charge on any atom is 0.129 e. The van der Waals surface area contributed by atoms with Gasteiger partial charge < -0.3 is 5.32 Å². The van der Waals surface area contributed by atoms with Gasteiger partial charge in [-0.05, 0) is 49.1 Å². The highest BCUT2D eigenvalue weighted by molar-refractivity contribution is 9.10. The van der Waals surface area contributed by atoms with E-state index in [0.29, 0.717) is 11.2 Å². The molecule has 1 aromatic heterocycles. The molecule has 4 heteroatoms. The number of nitrogens with one attached hydrogen (secondary N) is 1. The van der Waals surface area contributed by atoms with E-state index in [9.17, 15) is 0 Å². The number of rotatable bonds is 2. The Morgan fingerprint density at radius 3 is 2.95 bits per heavy atom. The van der Waals surface area contributed by atoms with Crippen molar-refractivity contribution in [3.63, 3.8) is 0 Å². The summed E-state index contributed by atoms with van der Waals surface area (Å²) in [5.41, 5.74) is 4.79. The van der Waals surface area contributed by atoms with Crippen molar-refractivity contribution < 1.29 is 0 Å². The molecule has 0 saturated heterocycles. The van der Waals surface area contributed by atoms with Gasteiger partial charge in [0, 0.05) is 4.47 Å². The van der Waals surface area contributed by atoms with E-state index in [0.717, 1.165) is 24.2 Å². The lowest BCUT2D eigenvalue weighted by molar-refractivity contribution is 0.760. The largest absolute Gasteiger partial charge is 0.377 e. The second kappa shape index (κ2) is 5.14. The molecule has 1 atom stereocenters. The van der Waals surface area contributed by atoms with Gasteiger partial charge in [0.1, 0.15) is 5.15 Å². The molecule has 0 saturated carbocycles. The SMILES string of the molecule is Cc1nc(Cl)ccc1NC1CCc2c(Br)cccc21. The molecule has 0 fully saturated rings. The molecule has 0 bridgehead atoms. The van der Waals surface area contributed by atoms with E-state index >= 15 is 0 Å². The molecule has 1 unspecified atom stereocenters. The van der Waals surface area contributed by atoms with Crippen LogP contribution in [-0.2, 0) is 6.42 Å². The number of benzene rings is 1. The highest BCUT2D eigenvalue weighted by Crippen LogP contribution is 2.37. The summed E-state index contributed by atoms with van der Waals surface area (Å²) in [5, 5.41) is 4.12. The van der Waals surface area contributed by atoms with Crippen LogP contribution in [0.5, 0.6) is 0 Å². The number of aromatic nitrogens is 1. The number of hydrogen-bond donors (Lipinski definition) is 1. The van der Waals surface area contributed by atoms with Crippen LogP contribution in [0.1, 0.15) is 29.3 Å². The summed E-state index contributed by atoms with van der Waals surface area (Å²) < 4.78 is 1.21. The molecule has 3 rings (SSSR count). The van der Waals surface area contributed by atoms with E-state index in [1.165, 1.54) is 15.6 Å². The molecule has 1 aromatic carbocycles. The summed E-state index contributed by atoms with van der Waals surface area (Å²) in [6, 6.07) is 10.6. The fraction of sp³-hybridized carbons (Fsp3) is 0.267. The fourth-order valence-electron chi connectivity index (χ4n) is 2.63.